The molecule has 0 spiro atoms. The van der Waals surface area contributed by atoms with Crippen molar-refractivity contribution in [1.82, 2.24) is 4.98 Å². The van der Waals surface area contributed by atoms with Gasteiger partial charge in [-0.2, -0.15) is 0 Å². The summed E-state index contributed by atoms with van der Waals surface area (Å²) in [4.78, 5) is 16.2. The minimum Gasteiger partial charge on any atom is -0.389 e. The first kappa shape index (κ1) is 14.5. The van der Waals surface area contributed by atoms with E-state index < -0.39 is 0 Å². The number of carbonyl (C=O) groups is 1. The van der Waals surface area contributed by atoms with Gasteiger partial charge in [0.2, 0.25) is 5.91 Å². The maximum Gasteiger partial charge on any atom is 0.230 e. The van der Waals surface area contributed by atoms with E-state index in [1.54, 1.807) is 12.1 Å². The molecule has 3 N–H and O–H groups in total. The van der Waals surface area contributed by atoms with E-state index >= 15 is 0 Å². The number of aromatic nitrogens is 1. The molecule has 0 fully saturated rings. The standard InChI is InChI=1S/C14H16FN3OS/c1-8(2)12-13(16)20-14(18-12)17-11(19)7-9-3-5-10(15)6-4-9/h3-6,8H,7,16H2,1-2H3,(H,17,18,19). The molecule has 1 aromatic carbocycles. The van der Waals surface area contributed by atoms with E-state index in [0.717, 1.165) is 11.3 Å². The van der Waals surface area contributed by atoms with Gasteiger partial charge in [0.05, 0.1) is 12.1 Å². The largest absolute Gasteiger partial charge is 0.389 e. The second-order valence-electron chi connectivity index (χ2n) is 4.77. The quantitative estimate of drug-likeness (QED) is 0.909. The van der Waals surface area contributed by atoms with Crippen LogP contribution in [0, 0.1) is 5.82 Å². The minimum atomic E-state index is -0.316. The average Bonchev–Trinajstić information content (AvgIpc) is 2.73. The summed E-state index contributed by atoms with van der Waals surface area (Å²) >= 11 is 1.26. The Hall–Kier alpha value is -1.95. The molecule has 0 saturated carbocycles. The molecule has 0 aliphatic heterocycles. The van der Waals surface area contributed by atoms with Gasteiger partial charge < -0.3 is 11.1 Å². The number of halogens is 1. The van der Waals surface area contributed by atoms with E-state index in [1.165, 1.54) is 23.5 Å². The number of hydrogen-bond acceptors (Lipinski definition) is 4. The predicted octanol–water partition coefficient (Wildman–Crippen LogP) is 3.17. The van der Waals surface area contributed by atoms with E-state index in [-0.39, 0.29) is 24.1 Å². The highest BCUT2D eigenvalue weighted by molar-refractivity contribution is 7.19. The van der Waals surface area contributed by atoms with Gasteiger partial charge in [0.1, 0.15) is 10.8 Å². The second-order valence-corrected chi connectivity index (χ2v) is 5.81. The molecule has 0 unspecified atom stereocenters. The molecule has 0 aliphatic carbocycles. The monoisotopic (exact) mass is 293 g/mol. The van der Waals surface area contributed by atoms with Gasteiger partial charge in [-0.25, -0.2) is 9.37 Å². The zero-order valence-corrected chi connectivity index (χ0v) is 12.1. The molecule has 4 nitrogen and oxygen atoms in total. The number of anilines is 2. The third kappa shape index (κ3) is 3.54. The SMILES string of the molecule is CC(C)c1nc(NC(=O)Cc2ccc(F)cc2)sc1N. The third-order valence-corrected chi connectivity index (χ3v) is 3.57. The molecule has 2 aromatic rings. The summed E-state index contributed by atoms with van der Waals surface area (Å²) in [5.41, 5.74) is 7.40. The number of thiazole rings is 1. The Bertz CT molecular complexity index is 607. The number of benzene rings is 1. The van der Waals surface area contributed by atoms with Crippen LogP contribution in [0.4, 0.5) is 14.5 Å². The summed E-state index contributed by atoms with van der Waals surface area (Å²) in [7, 11) is 0. The van der Waals surface area contributed by atoms with Gasteiger partial charge in [-0.3, -0.25) is 4.79 Å². The average molecular weight is 293 g/mol. The van der Waals surface area contributed by atoms with Crippen LogP contribution in [0.5, 0.6) is 0 Å². The summed E-state index contributed by atoms with van der Waals surface area (Å²) in [5, 5.41) is 3.84. The number of carbonyl (C=O) groups excluding carboxylic acids is 1. The van der Waals surface area contributed by atoms with Crippen LogP contribution in [0.3, 0.4) is 0 Å². The zero-order valence-electron chi connectivity index (χ0n) is 11.3. The Morgan fingerprint density at radius 2 is 2.05 bits per heavy atom. The van der Waals surface area contributed by atoms with Gasteiger partial charge in [-0.05, 0) is 23.6 Å². The van der Waals surface area contributed by atoms with E-state index in [9.17, 15) is 9.18 Å². The van der Waals surface area contributed by atoms with Crippen molar-refractivity contribution < 1.29 is 9.18 Å². The topological polar surface area (TPSA) is 68.0 Å². The van der Waals surface area contributed by atoms with Crippen molar-refractivity contribution in [3.8, 4) is 0 Å². The van der Waals surface area contributed by atoms with Gasteiger partial charge in [0, 0.05) is 0 Å². The fraction of sp³-hybridized carbons (Fsp3) is 0.286. The molecule has 1 aromatic heterocycles. The van der Waals surface area contributed by atoms with E-state index in [4.69, 9.17) is 5.73 Å². The van der Waals surface area contributed by atoms with Crippen LogP contribution in [-0.2, 0) is 11.2 Å². The van der Waals surface area contributed by atoms with Crippen molar-refractivity contribution in [3.05, 3.63) is 41.3 Å². The van der Waals surface area contributed by atoms with Crippen molar-refractivity contribution in [2.45, 2.75) is 26.2 Å². The number of nitrogens with two attached hydrogens (primary N) is 1. The summed E-state index contributed by atoms with van der Waals surface area (Å²) in [6.07, 6.45) is 0.177. The zero-order chi connectivity index (χ0) is 14.7. The van der Waals surface area contributed by atoms with Gasteiger partial charge in [-0.15, -0.1) is 0 Å². The summed E-state index contributed by atoms with van der Waals surface area (Å²) < 4.78 is 12.8. The predicted molar refractivity (Wildman–Crippen MR) is 79.3 cm³/mol. The summed E-state index contributed by atoms with van der Waals surface area (Å²) in [5.74, 6) is -0.293. The van der Waals surface area contributed by atoms with Crippen LogP contribution in [-0.4, -0.2) is 10.9 Å². The molecule has 1 heterocycles. The molecule has 20 heavy (non-hydrogen) atoms. The first-order valence-corrected chi connectivity index (χ1v) is 7.08. The molecule has 0 saturated heterocycles. The highest BCUT2D eigenvalue weighted by Gasteiger charge is 2.13. The van der Waals surface area contributed by atoms with Crippen LogP contribution >= 0.6 is 11.3 Å². The molecule has 0 radical (unpaired) electrons. The molecule has 0 aliphatic rings. The summed E-state index contributed by atoms with van der Waals surface area (Å²) in [6, 6.07) is 5.84. The Morgan fingerprint density at radius 1 is 1.40 bits per heavy atom. The maximum atomic E-state index is 12.8. The molecular weight excluding hydrogens is 277 g/mol. The number of nitrogen functional groups attached to an aromatic ring is 1. The van der Waals surface area contributed by atoms with Crippen LogP contribution in [0.15, 0.2) is 24.3 Å². The fourth-order valence-electron chi connectivity index (χ4n) is 1.76. The number of amides is 1. The molecule has 2 rings (SSSR count). The number of nitrogens with zero attached hydrogens (tertiary/aromatic N) is 1. The van der Waals surface area contributed by atoms with Gasteiger partial charge in [0.25, 0.3) is 0 Å². The smallest absolute Gasteiger partial charge is 0.230 e. The first-order chi connectivity index (χ1) is 9.45. The third-order valence-electron chi connectivity index (χ3n) is 2.75. The second kappa shape index (κ2) is 6.00. The number of hydrogen-bond donors (Lipinski definition) is 2. The van der Waals surface area contributed by atoms with Crippen LogP contribution in [0.2, 0.25) is 0 Å². The Labute approximate surface area is 120 Å². The van der Waals surface area contributed by atoms with Gasteiger partial charge in [-0.1, -0.05) is 37.3 Å². The van der Waals surface area contributed by atoms with Gasteiger partial charge >= 0.3 is 0 Å². The van der Waals surface area contributed by atoms with Crippen molar-refractivity contribution in [2.75, 3.05) is 11.1 Å². The van der Waals surface area contributed by atoms with Crippen LogP contribution in [0.25, 0.3) is 0 Å². The molecule has 0 atom stereocenters. The number of rotatable bonds is 4. The number of nitrogens with one attached hydrogen (secondary N) is 1. The fourth-order valence-corrected chi connectivity index (χ4v) is 2.67. The lowest BCUT2D eigenvalue weighted by Gasteiger charge is -2.02. The Balaban J connectivity index is 2.01. The lowest BCUT2D eigenvalue weighted by atomic mass is 10.1. The van der Waals surface area contributed by atoms with Crippen molar-refractivity contribution >= 4 is 27.4 Å². The van der Waals surface area contributed by atoms with Crippen molar-refractivity contribution in [1.29, 1.82) is 0 Å². The van der Waals surface area contributed by atoms with E-state index in [0.29, 0.717) is 10.1 Å². The normalized spacial score (nSPS) is 10.8. The molecule has 6 heteroatoms. The minimum absolute atomic E-state index is 0.177. The molecule has 0 bridgehead atoms. The van der Waals surface area contributed by atoms with Crippen molar-refractivity contribution in [3.63, 3.8) is 0 Å². The molecular formula is C14H16FN3OS. The first-order valence-electron chi connectivity index (χ1n) is 6.26. The van der Waals surface area contributed by atoms with E-state index in [2.05, 4.69) is 10.3 Å². The molecule has 1 amide bonds. The lowest BCUT2D eigenvalue weighted by Crippen LogP contribution is -2.14. The van der Waals surface area contributed by atoms with E-state index in [1.807, 2.05) is 13.8 Å². The van der Waals surface area contributed by atoms with Crippen LogP contribution < -0.4 is 11.1 Å². The maximum absolute atomic E-state index is 12.8. The van der Waals surface area contributed by atoms with Gasteiger partial charge in [0.15, 0.2) is 5.13 Å². The lowest BCUT2D eigenvalue weighted by molar-refractivity contribution is -0.115. The Kier molecular flexibility index (Phi) is 4.34. The highest BCUT2D eigenvalue weighted by atomic mass is 32.1. The molecule has 106 valence electrons. The Morgan fingerprint density at radius 3 is 2.60 bits per heavy atom. The highest BCUT2D eigenvalue weighted by Crippen LogP contribution is 2.30. The van der Waals surface area contributed by atoms with Crippen molar-refractivity contribution in [2.24, 2.45) is 0 Å². The van der Waals surface area contributed by atoms with Crippen LogP contribution in [0.1, 0.15) is 31.0 Å². The summed E-state index contributed by atoms with van der Waals surface area (Å²) in [6.45, 7) is 3.99.